The number of aliphatic hydroxyl groups is 1. The summed E-state index contributed by atoms with van der Waals surface area (Å²) in [6.45, 7) is 2.22. The number of ether oxygens (including phenoxy) is 1. The molecule has 0 aliphatic heterocycles. The van der Waals surface area contributed by atoms with Crippen LogP contribution in [-0.4, -0.2) is 28.3 Å². The fourth-order valence-electron chi connectivity index (χ4n) is 2.10. The Bertz CT molecular complexity index is 345. The molecule has 0 amide bonds. The van der Waals surface area contributed by atoms with Crippen LogP contribution < -0.4 is 4.74 Å². The molecular weight excluding hydrogens is 240 g/mol. The second kappa shape index (κ2) is 9.73. The Hall–Kier alpha value is -1.16. The smallest absolute Gasteiger partial charge is 0.216 e. The van der Waals surface area contributed by atoms with Crippen LogP contribution in [0.25, 0.3) is 0 Å². The van der Waals surface area contributed by atoms with Gasteiger partial charge in [0.15, 0.2) is 0 Å². The van der Waals surface area contributed by atoms with Crippen LogP contribution in [0.1, 0.15) is 57.6 Å². The SMILES string of the molecule is CCCCCCCCC(O)Cc1cc(OC)ncn1. The van der Waals surface area contributed by atoms with Crippen LogP contribution >= 0.6 is 0 Å². The summed E-state index contributed by atoms with van der Waals surface area (Å²) in [5, 5.41) is 9.97. The van der Waals surface area contributed by atoms with Crippen molar-refractivity contribution < 1.29 is 9.84 Å². The van der Waals surface area contributed by atoms with E-state index in [4.69, 9.17) is 4.74 Å². The lowest BCUT2D eigenvalue weighted by molar-refractivity contribution is 0.159. The van der Waals surface area contributed by atoms with Gasteiger partial charge in [-0.25, -0.2) is 9.97 Å². The molecule has 19 heavy (non-hydrogen) atoms. The van der Waals surface area contributed by atoms with Gasteiger partial charge in [0.2, 0.25) is 5.88 Å². The lowest BCUT2D eigenvalue weighted by atomic mass is 10.0. The van der Waals surface area contributed by atoms with Crippen molar-refractivity contribution in [2.75, 3.05) is 7.11 Å². The molecule has 0 radical (unpaired) electrons. The highest BCUT2D eigenvalue weighted by Gasteiger charge is 2.07. The van der Waals surface area contributed by atoms with Gasteiger partial charge in [-0.1, -0.05) is 45.4 Å². The molecule has 1 aromatic rings. The molecular formula is C15H26N2O2. The molecule has 1 heterocycles. The molecule has 0 fully saturated rings. The zero-order chi connectivity index (χ0) is 13.9. The minimum absolute atomic E-state index is 0.314. The van der Waals surface area contributed by atoms with Crippen molar-refractivity contribution in [3.05, 3.63) is 18.1 Å². The Morgan fingerprint density at radius 2 is 1.89 bits per heavy atom. The summed E-state index contributed by atoms with van der Waals surface area (Å²) >= 11 is 0. The summed E-state index contributed by atoms with van der Waals surface area (Å²) in [6, 6.07) is 1.78. The van der Waals surface area contributed by atoms with E-state index in [1.165, 1.54) is 38.4 Å². The van der Waals surface area contributed by atoms with Gasteiger partial charge < -0.3 is 9.84 Å². The number of nitrogens with zero attached hydrogens (tertiary/aromatic N) is 2. The quantitative estimate of drug-likeness (QED) is 0.661. The van der Waals surface area contributed by atoms with E-state index in [-0.39, 0.29) is 6.10 Å². The first-order chi connectivity index (χ1) is 9.26. The predicted molar refractivity (Wildman–Crippen MR) is 76.3 cm³/mol. The first kappa shape index (κ1) is 15.9. The maximum Gasteiger partial charge on any atom is 0.216 e. The summed E-state index contributed by atoms with van der Waals surface area (Å²) in [7, 11) is 1.58. The van der Waals surface area contributed by atoms with Gasteiger partial charge in [0.05, 0.1) is 18.9 Å². The Labute approximate surface area is 116 Å². The molecule has 0 saturated carbocycles. The molecule has 1 aromatic heterocycles. The van der Waals surface area contributed by atoms with Gasteiger partial charge in [0.1, 0.15) is 6.33 Å². The van der Waals surface area contributed by atoms with E-state index in [2.05, 4.69) is 16.9 Å². The highest BCUT2D eigenvalue weighted by Crippen LogP contribution is 2.12. The van der Waals surface area contributed by atoms with Crippen LogP contribution in [0.15, 0.2) is 12.4 Å². The fraction of sp³-hybridized carbons (Fsp3) is 0.733. The van der Waals surface area contributed by atoms with E-state index >= 15 is 0 Å². The molecule has 4 heteroatoms. The highest BCUT2D eigenvalue weighted by atomic mass is 16.5. The minimum atomic E-state index is -0.314. The summed E-state index contributed by atoms with van der Waals surface area (Å²) in [5.41, 5.74) is 0.838. The van der Waals surface area contributed by atoms with Crippen LogP contribution in [0.4, 0.5) is 0 Å². The van der Waals surface area contributed by atoms with Crippen molar-refractivity contribution in [3.8, 4) is 5.88 Å². The summed E-state index contributed by atoms with van der Waals surface area (Å²) < 4.78 is 5.04. The van der Waals surface area contributed by atoms with Gasteiger partial charge in [-0.2, -0.15) is 0 Å². The molecule has 0 aliphatic rings. The molecule has 4 nitrogen and oxygen atoms in total. The molecule has 0 aromatic carbocycles. The number of hydrogen-bond acceptors (Lipinski definition) is 4. The fourth-order valence-corrected chi connectivity index (χ4v) is 2.10. The molecule has 1 unspecified atom stereocenters. The maximum atomic E-state index is 9.97. The van der Waals surface area contributed by atoms with E-state index in [0.717, 1.165) is 18.5 Å². The largest absolute Gasteiger partial charge is 0.481 e. The second-order valence-corrected chi connectivity index (χ2v) is 4.97. The van der Waals surface area contributed by atoms with Gasteiger partial charge >= 0.3 is 0 Å². The lowest BCUT2D eigenvalue weighted by Crippen LogP contribution is -2.11. The highest BCUT2D eigenvalue weighted by molar-refractivity contribution is 5.13. The van der Waals surface area contributed by atoms with Crippen LogP contribution in [0.2, 0.25) is 0 Å². The molecule has 1 N–H and O–H groups in total. The molecule has 0 spiro atoms. The summed E-state index contributed by atoms with van der Waals surface area (Å²) in [4.78, 5) is 8.10. The summed E-state index contributed by atoms with van der Waals surface area (Å²) in [6.07, 6.45) is 10.1. The van der Waals surface area contributed by atoms with Crippen molar-refractivity contribution >= 4 is 0 Å². The normalized spacial score (nSPS) is 12.4. The number of unbranched alkanes of at least 4 members (excludes halogenated alkanes) is 5. The number of rotatable bonds is 10. The first-order valence-electron chi connectivity index (χ1n) is 7.29. The third-order valence-corrected chi connectivity index (χ3v) is 3.24. The van der Waals surface area contributed by atoms with Crippen molar-refractivity contribution in [2.24, 2.45) is 0 Å². The van der Waals surface area contributed by atoms with Gasteiger partial charge in [0, 0.05) is 12.5 Å². The Balaban J connectivity index is 2.17. The zero-order valence-corrected chi connectivity index (χ0v) is 12.1. The van der Waals surface area contributed by atoms with Crippen LogP contribution in [-0.2, 0) is 6.42 Å². The number of methoxy groups -OCH3 is 1. The topological polar surface area (TPSA) is 55.2 Å². The number of hydrogen-bond donors (Lipinski definition) is 1. The van der Waals surface area contributed by atoms with Gasteiger partial charge in [-0.15, -0.1) is 0 Å². The summed E-state index contributed by atoms with van der Waals surface area (Å²) in [5.74, 6) is 0.553. The maximum absolute atomic E-state index is 9.97. The Morgan fingerprint density at radius 3 is 2.63 bits per heavy atom. The monoisotopic (exact) mass is 266 g/mol. The lowest BCUT2D eigenvalue weighted by Gasteiger charge is -2.10. The average molecular weight is 266 g/mol. The van der Waals surface area contributed by atoms with E-state index < -0.39 is 0 Å². The van der Waals surface area contributed by atoms with Gasteiger partial charge in [0.25, 0.3) is 0 Å². The number of aliphatic hydroxyl groups excluding tert-OH is 1. The van der Waals surface area contributed by atoms with Gasteiger partial charge in [-0.05, 0) is 6.42 Å². The first-order valence-corrected chi connectivity index (χ1v) is 7.29. The zero-order valence-electron chi connectivity index (χ0n) is 12.1. The van der Waals surface area contributed by atoms with Crippen molar-refractivity contribution in [1.29, 1.82) is 0 Å². The molecule has 0 saturated heterocycles. The molecule has 1 atom stereocenters. The third kappa shape index (κ3) is 7.11. The molecule has 108 valence electrons. The van der Waals surface area contributed by atoms with E-state index in [0.29, 0.717) is 12.3 Å². The van der Waals surface area contributed by atoms with Crippen molar-refractivity contribution in [3.63, 3.8) is 0 Å². The third-order valence-electron chi connectivity index (χ3n) is 3.24. The minimum Gasteiger partial charge on any atom is -0.481 e. The standard InChI is InChI=1S/C15H26N2O2/c1-3-4-5-6-7-8-9-14(18)10-13-11-15(19-2)17-12-16-13/h11-12,14,18H,3-10H2,1-2H3. The van der Waals surface area contributed by atoms with E-state index in [1.807, 2.05) is 0 Å². The number of aromatic nitrogens is 2. The molecule has 0 aliphatic carbocycles. The molecule has 0 bridgehead atoms. The average Bonchev–Trinajstić information content (AvgIpc) is 2.43. The van der Waals surface area contributed by atoms with Crippen LogP contribution in [0.5, 0.6) is 5.88 Å². The Kier molecular flexibility index (Phi) is 8.14. The van der Waals surface area contributed by atoms with Gasteiger partial charge in [-0.3, -0.25) is 0 Å². The van der Waals surface area contributed by atoms with E-state index in [9.17, 15) is 5.11 Å². The second-order valence-electron chi connectivity index (χ2n) is 4.97. The van der Waals surface area contributed by atoms with Crippen LogP contribution in [0, 0.1) is 0 Å². The Morgan fingerprint density at radius 1 is 1.16 bits per heavy atom. The van der Waals surface area contributed by atoms with Crippen LogP contribution in [0.3, 0.4) is 0 Å². The van der Waals surface area contributed by atoms with Crippen molar-refractivity contribution in [2.45, 2.75) is 64.4 Å². The molecule has 1 rings (SSSR count). The van der Waals surface area contributed by atoms with Crippen molar-refractivity contribution in [1.82, 2.24) is 9.97 Å². The van der Waals surface area contributed by atoms with E-state index in [1.54, 1.807) is 13.2 Å². The predicted octanol–water partition coefficient (Wildman–Crippen LogP) is 3.14.